The third-order valence-corrected chi connectivity index (χ3v) is 4.18. The molecule has 0 aliphatic rings. The Morgan fingerprint density at radius 1 is 1.37 bits per heavy atom. The maximum absolute atomic E-state index is 12.1. The second-order valence-electron chi connectivity index (χ2n) is 5.08. The fourth-order valence-electron chi connectivity index (χ4n) is 1.49. The smallest absolute Gasteiger partial charge is 0.329 e. The van der Waals surface area contributed by atoms with Gasteiger partial charge in [-0.1, -0.05) is 28.1 Å². The fourth-order valence-corrected chi connectivity index (χ4v) is 1.92. The number of hydrogen-bond donors (Lipinski definition) is 1. The summed E-state index contributed by atoms with van der Waals surface area (Å²) in [5.74, 6) is -1.24. The minimum Gasteiger partial charge on any atom is -0.480 e. The molecule has 104 valence electrons. The first kappa shape index (κ1) is 15.7. The summed E-state index contributed by atoms with van der Waals surface area (Å²) in [5.41, 5.74) is 0.741. The Labute approximate surface area is 121 Å². The molecule has 0 saturated heterocycles. The number of carbonyl (C=O) groups is 2. The third-order valence-electron chi connectivity index (χ3n) is 3.33. The Morgan fingerprint density at radius 2 is 1.95 bits per heavy atom. The largest absolute Gasteiger partial charge is 0.480 e. The molecule has 1 N–H and O–H groups in total. The lowest BCUT2D eigenvalue weighted by molar-refractivity contribution is -0.155. The molecule has 5 heteroatoms. The van der Waals surface area contributed by atoms with E-state index in [-0.39, 0.29) is 12.3 Å². The normalized spacial score (nSPS) is 11.2. The first-order chi connectivity index (χ1) is 8.66. The van der Waals surface area contributed by atoms with Gasteiger partial charge in [0.1, 0.15) is 5.54 Å². The lowest BCUT2D eigenvalue weighted by atomic mass is 10.0. The van der Waals surface area contributed by atoms with Crippen LogP contribution in [0.5, 0.6) is 0 Å². The van der Waals surface area contributed by atoms with Crippen LogP contribution < -0.4 is 0 Å². The quantitative estimate of drug-likeness (QED) is 0.924. The van der Waals surface area contributed by atoms with Crippen LogP contribution in [-0.4, -0.2) is 34.5 Å². The number of aryl methyl sites for hydroxylation is 1. The minimum atomic E-state index is -1.21. The number of aliphatic carboxylic acids is 1. The number of halogens is 1. The van der Waals surface area contributed by atoms with Gasteiger partial charge in [0.25, 0.3) is 0 Å². The fraction of sp³-hybridized carbons (Fsp3) is 0.429. The van der Waals surface area contributed by atoms with Crippen molar-refractivity contribution in [3.63, 3.8) is 0 Å². The van der Waals surface area contributed by atoms with Crippen LogP contribution in [0.2, 0.25) is 0 Å². The Hall–Kier alpha value is -1.36. The molecule has 0 unspecified atom stereocenters. The monoisotopic (exact) mass is 327 g/mol. The van der Waals surface area contributed by atoms with Crippen LogP contribution in [-0.2, 0) is 16.0 Å². The molecule has 4 nitrogen and oxygen atoms in total. The van der Waals surface area contributed by atoms with Crippen molar-refractivity contribution in [2.45, 2.75) is 32.7 Å². The Balaban J connectivity index is 2.85. The van der Waals surface area contributed by atoms with Crippen molar-refractivity contribution in [1.82, 2.24) is 4.90 Å². The molecule has 1 rings (SSSR count). The van der Waals surface area contributed by atoms with Gasteiger partial charge in [-0.05, 0) is 38.0 Å². The van der Waals surface area contributed by atoms with Gasteiger partial charge in [0.2, 0.25) is 5.91 Å². The van der Waals surface area contributed by atoms with E-state index in [1.54, 1.807) is 0 Å². The number of rotatable bonds is 4. The van der Waals surface area contributed by atoms with Crippen molar-refractivity contribution in [3.8, 4) is 0 Å². The minimum absolute atomic E-state index is 0.187. The summed E-state index contributed by atoms with van der Waals surface area (Å²) >= 11 is 3.42. The SMILES string of the molecule is Cc1ccc(CC(=O)N(C)C(C)(C)C(=O)O)cc1Br. The Kier molecular flexibility index (Phi) is 4.74. The summed E-state index contributed by atoms with van der Waals surface area (Å²) in [7, 11) is 1.51. The number of carbonyl (C=O) groups excluding carboxylic acids is 1. The highest BCUT2D eigenvalue weighted by Gasteiger charge is 2.34. The van der Waals surface area contributed by atoms with Crippen molar-refractivity contribution in [2.75, 3.05) is 7.05 Å². The number of likely N-dealkylation sites (N-methyl/N-ethyl adjacent to an activating group) is 1. The second kappa shape index (κ2) is 5.74. The van der Waals surface area contributed by atoms with E-state index >= 15 is 0 Å². The van der Waals surface area contributed by atoms with Gasteiger partial charge in [0.05, 0.1) is 6.42 Å². The average Bonchev–Trinajstić information content (AvgIpc) is 2.32. The zero-order chi connectivity index (χ0) is 14.8. The molecular weight excluding hydrogens is 310 g/mol. The highest BCUT2D eigenvalue weighted by Crippen LogP contribution is 2.19. The predicted molar refractivity (Wildman–Crippen MR) is 77.1 cm³/mol. The van der Waals surface area contributed by atoms with Crippen molar-refractivity contribution >= 4 is 27.8 Å². The van der Waals surface area contributed by atoms with Crippen molar-refractivity contribution in [3.05, 3.63) is 33.8 Å². The standard InChI is InChI=1S/C14H18BrNO3/c1-9-5-6-10(7-11(9)15)8-12(17)16(4)14(2,3)13(18)19/h5-7H,8H2,1-4H3,(H,18,19). The molecule has 1 amide bonds. The zero-order valence-electron chi connectivity index (χ0n) is 11.5. The van der Waals surface area contributed by atoms with E-state index in [1.807, 2.05) is 25.1 Å². The molecule has 0 aliphatic heterocycles. The van der Waals surface area contributed by atoms with Crippen LogP contribution in [0.25, 0.3) is 0 Å². The lowest BCUT2D eigenvalue weighted by Crippen LogP contribution is -2.51. The van der Waals surface area contributed by atoms with Crippen LogP contribution >= 0.6 is 15.9 Å². The van der Waals surface area contributed by atoms with Gasteiger partial charge >= 0.3 is 5.97 Å². The van der Waals surface area contributed by atoms with E-state index in [0.29, 0.717) is 0 Å². The molecule has 0 fully saturated rings. The first-order valence-electron chi connectivity index (χ1n) is 5.91. The molecule has 0 aliphatic carbocycles. The molecule has 0 aromatic heterocycles. The van der Waals surface area contributed by atoms with E-state index in [2.05, 4.69) is 15.9 Å². The zero-order valence-corrected chi connectivity index (χ0v) is 13.1. The molecule has 0 heterocycles. The summed E-state index contributed by atoms with van der Waals surface area (Å²) in [6.45, 7) is 4.99. The lowest BCUT2D eigenvalue weighted by Gasteiger charge is -2.31. The maximum Gasteiger partial charge on any atom is 0.329 e. The van der Waals surface area contributed by atoms with Crippen LogP contribution in [0.4, 0.5) is 0 Å². The van der Waals surface area contributed by atoms with E-state index in [1.165, 1.54) is 25.8 Å². The summed E-state index contributed by atoms with van der Waals surface area (Å²) in [5, 5.41) is 9.11. The summed E-state index contributed by atoms with van der Waals surface area (Å²) < 4.78 is 0.943. The van der Waals surface area contributed by atoms with Gasteiger partial charge in [0.15, 0.2) is 0 Å². The molecule has 1 aromatic carbocycles. The van der Waals surface area contributed by atoms with Gasteiger partial charge in [-0.3, -0.25) is 4.79 Å². The number of nitrogens with zero attached hydrogens (tertiary/aromatic N) is 1. The van der Waals surface area contributed by atoms with Crippen molar-refractivity contribution in [2.24, 2.45) is 0 Å². The third kappa shape index (κ3) is 3.56. The van der Waals surface area contributed by atoms with E-state index in [0.717, 1.165) is 15.6 Å². The molecule has 0 saturated carbocycles. The van der Waals surface area contributed by atoms with Crippen molar-refractivity contribution in [1.29, 1.82) is 0 Å². The highest BCUT2D eigenvalue weighted by atomic mass is 79.9. The van der Waals surface area contributed by atoms with E-state index < -0.39 is 11.5 Å². The molecular formula is C14H18BrNO3. The highest BCUT2D eigenvalue weighted by molar-refractivity contribution is 9.10. The number of carboxylic acid groups (broad SMARTS) is 1. The topological polar surface area (TPSA) is 57.6 Å². The van der Waals surface area contributed by atoms with E-state index in [9.17, 15) is 9.59 Å². The number of benzene rings is 1. The van der Waals surface area contributed by atoms with Crippen LogP contribution in [0.3, 0.4) is 0 Å². The molecule has 1 aromatic rings. The van der Waals surface area contributed by atoms with Crippen LogP contribution in [0.15, 0.2) is 22.7 Å². The predicted octanol–water partition coefficient (Wildman–Crippen LogP) is 2.62. The molecule has 0 atom stereocenters. The maximum atomic E-state index is 12.1. The Bertz CT molecular complexity index is 511. The molecule has 0 radical (unpaired) electrons. The average molecular weight is 328 g/mol. The van der Waals surface area contributed by atoms with Crippen LogP contribution in [0, 0.1) is 6.92 Å². The molecule has 0 spiro atoms. The summed E-state index contributed by atoms with van der Waals surface area (Å²) in [6, 6.07) is 5.68. The number of carboxylic acids is 1. The second-order valence-corrected chi connectivity index (χ2v) is 5.93. The van der Waals surface area contributed by atoms with Gasteiger partial charge in [-0.2, -0.15) is 0 Å². The summed E-state index contributed by atoms with van der Waals surface area (Å²) in [4.78, 5) is 24.5. The molecule has 0 bridgehead atoms. The number of hydrogen-bond acceptors (Lipinski definition) is 2. The number of amides is 1. The van der Waals surface area contributed by atoms with Crippen molar-refractivity contribution < 1.29 is 14.7 Å². The van der Waals surface area contributed by atoms with E-state index in [4.69, 9.17) is 5.11 Å². The first-order valence-corrected chi connectivity index (χ1v) is 6.70. The van der Waals surface area contributed by atoms with Crippen LogP contribution in [0.1, 0.15) is 25.0 Å². The van der Waals surface area contributed by atoms with Gasteiger partial charge in [-0.25, -0.2) is 4.79 Å². The van der Waals surface area contributed by atoms with Gasteiger partial charge < -0.3 is 10.0 Å². The molecule has 19 heavy (non-hydrogen) atoms. The Morgan fingerprint density at radius 3 is 2.42 bits per heavy atom. The summed E-state index contributed by atoms with van der Waals surface area (Å²) in [6.07, 6.45) is 0.187. The van der Waals surface area contributed by atoms with Gasteiger partial charge in [-0.15, -0.1) is 0 Å². The van der Waals surface area contributed by atoms with Gasteiger partial charge in [0, 0.05) is 11.5 Å².